The number of nitrogens with zero attached hydrogens (tertiary/aromatic N) is 2. The van der Waals surface area contributed by atoms with Gasteiger partial charge in [-0.15, -0.1) is 0 Å². The van der Waals surface area contributed by atoms with Crippen molar-refractivity contribution in [2.24, 2.45) is 0 Å². The quantitative estimate of drug-likeness (QED) is 0.610. The van der Waals surface area contributed by atoms with Gasteiger partial charge in [-0.3, -0.25) is 9.59 Å². The second kappa shape index (κ2) is 9.39. The van der Waals surface area contributed by atoms with Gasteiger partial charge in [-0.05, 0) is 45.4 Å². The summed E-state index contributed by atoms with van der Waals surface area (Å²) >= 11 is 0. The highest BCUT2D eigenvalue weighted by Gasteiger charge is 2.21. The molecule has 1 N–H and O–H groups in total. The Balaban J connectivity index is 1.58. The summed E-state index contributed by atoms with van der Waals surface area (Å²) in [6.07, 6.45) is -0.798. The number of carbonyl (C=O) groups excluding carboxylic acids is 2. The van der Waals surface area contributed by atoms with Gasteiger partial charge in [0.1, 0.15) is 0 Å². The van der Waals surface area contributed by atoms with E-state index in [2.05, 4.69) is 10.4 Å². The van der Waals surface area contributed by atoms with Crippen LogP contribution in [0, 0.1) is 20.8 Å². The van der Waals surface area contributed by atoms with E-state index < -0.39 is 12.1 Å². The van der Waals surface area contributed by atoms with E-state index >= 15 is 0 Å². The molecule has 0 spiro atoms. The third kappa shape index (κ3) is 5.14. The molecule has 0 fully saturated rings. The molecule has 2 aromatic carbocycles. The van der Waals surface area contributed by atoms with E-state index in [0.29, 0.717) is 6.54 Å². The molecule has 0 bridgehead atoms. The zero-order chi connectivity index (χ0) is 21.7. The topological polar surface area (TPSA) is 73.2 Å². The van der Waals surface area contributed by atoms with Gasteiger partial charge < -0.3 is 10.1 Å². The Morgan fingerprint density at radius 3 is 2.37 bits per heavy atom. The van der Waals surface area contributed by atoms with Crippen LogP contribution in [0.4, 0.5) is 0 Å². The van der Waals surface area contributed by atoms with Crippen LogP contribution in [0.2, 0.25) is 0 Å². The number of carbonyl (C=O) groups is 2. The van der Waals surface area contributed by atoms with Crippen molar-refractivity contribution >= 4 is 11.9 Å². The zero-order valence-corrected chi connectivity index (χ0v) is 17.8. The highest BCUT2D eigenvalue weighted by atomic mass is 16.5. The van der Waals surface area contributed by atoms with E-state index in [1.165, 1.54) is 0 Å². The number of esters is 1. The number of aromatic nitrogens is 2. The number of nitrogens with one attached hydrogen (secondary N) is 1. The average molecular weight is 405 g/mol. The lowest BCUT2D eigenvalue weighted by molar-refractivity contribution is -0.154. The molecule has 0 saturated heterocycles. The zero-order valence-electron chi connectivity index (χ0n) is 17.8. The SMILES string of the molecule is Cc1ccc(CNC(=O)[C@H](C)OC(=O)Cc2c(C)nn(-c3ccccc3)c2C)cc1. The summed E-state index contributed by atoms with van der Waals surface area (Å²) in [5, 5.41) is 7.35. The van der Waals surface area contributed by atoms with Crippen LogP contribution in [0.1, 0.15) is 35.0 Å². The first-order valence-corrected chi connectivity index (χ1v) is 9.98. The Morgan fingerprint density at radius 2 is 1.70 bits per heavy atom. The Morgan fingerprint density at radius 1 is 1.03 bits per heavy atom. The Hall–Kier alpha value is -3.41. The second-order valence-electron chi connectivity index (χ2n) is 7.41. The Kier molecular flexibility index (Phi) is 6.67. The largest absolute Gasteiger partial charge is 0.452 e. The van der Waals surface area contributed by atoms with E-state index in [1.807, 2.05) is 80.1 Å². The van der Waals surface area contributed by atoms with Crippen molar-refractivity contribution in [2.45, 2.75) is 46.8 Å². The molecule has 6 nitrogen and oxygen atoms in total. The van der Waals surface area contributed by atoms with E-state index in [9.17, 15) is 9.59 Å². The smallest absolute Gasteiger partial charge is 0.311 e. The van der Waals surface area contributed by atoms with Crippen molar-refractivity contribution in [3.8, 4) is 5.69 Å². The molecule has 1 amide bonds. The lowest BCUT2D eigenvalue weighted by atomic mass is 10.1. The first kappa shape index (κ1) is 21.3. The van der Waals surface area contributed by atoms with E-state index in [-0.39, 0.29) is 12.3 Å². The van der Waals surface area contributed by atoms with E-state index in [0.717, 1.165) is 33.8 Å². The summed E-state index contributed by atoms with van der Waals surface area (Å²) in [6, 6.07) is 17.6. The number of benzene rings is 2. The number of para-hydroxylation sites is 1. The molecule has 30 heavy (non-hydrogen) atoms. The summed E-state index contributed by atoms with van der Waals surface area (Å²) in [5.41, 5.74) is 5.55. The number of rotatable bonds is 7. The lowest BCUT2D eigenvalue weighted by Crippen LogP contribution is -2.35. The third-order valence-corrected chi connectivity index (χ3v) is 5.03. The van der Waals surface area contributed by atoms with Crippen molar-refractivity contribution in [2.75, 3.05) is 0 Å². The van der Waals surface area contributed by atoms with Crippen LogP contribution < -0.4 is 5.32 Å². The fraction of sp³-hybridized carbons (Fsp3) is 0.292. The minimum atomic E-state index is -0.868. The molecule has 1 aromatic heterocycles. The number of hydrogen-bond donors (Lipinski definition) is 1. The summed E-state index contributed by atoms with van der Waals surface area (Å²) in [6.45, 7) is 7.77. The maximum atomic E-state index is 12.4. The monoisotopic (exact) mass is 405 g/mol. The van der Waals surface area contributed by atoms with Crippen LogP contribution in [0.5, 0.6) is 0 Å². The fourth-order valence-electron chi connectivity index (χ4n) is 3.23. The molecule has 0 aliphatic heterocycles. The van der Waals surface area contributed by atoms with Gasteiger partial charge in [0.15, 0.2) is 6.10 Å². The minimum Gasteiger partial charge on any atom is -0.452 e. The third-order valence-electron chi connectivity index (χ3n) is 5.03. The summed E-state index contributed by atoms with van der Waals surface area (Å²) in [4.78, 5) is 24.7. The molecule has 6 heteroatoms. The molecular formula is C24H27N3O3. The molecule has 0 aliphatic rings. The molecular weight excluding hydrogens is 378 g/mol. The number of aryl methyl sites for hydroxylation is 2. The number of ether oxygens (including phenoxy) is 1. The molecule has 0 aliphatic carbocycles. The predicted molar refractivity (Wildman–Crippen MR) is 115 cm³/mol. The summed E-state index contributed by atoms with van der Waals surface area (Å²) < 4.78 is 7.18. The number of amides is 1. The molecule has 0 unspecified atom stereocenters. The lowest BCUT2D eigenvalue weighted by Gasteiger charge is -2.14. The van der Waals surface area contributed by atoms with E-state index in [4.69, 9.17) is 4.74 Å². The number of hydrogen-bond acceptors (Lipinski definition) is 4. The predicted octanol–water partition coefficient (Wildman–Crippen LogP) is 3.59. The Bertz CT molecular complexity index is 1020. The van der Waals surface area contributed by atoms with Gasteiger partial charge in [0, 0.05) is 17.8 Å². The first-order chi connectivity index (χ1) is 14.3. The van der Waals surface area contributed by atoms with Gasteiger partial charge in [0.05, 0.1) is 17.8 Å². The van der Waals surface area contributed by atoms with Crippen molar-refractivity contribution in [1.29, 1.82) is 0 Å². The fourth-order valence-corrected chi connectivity index (χ4v) is 3.23. The van der Waals surface area contributed by atoms with Gasteiger partial charge in [-0.2, -0.15) is 5.10 Å². The maximum absolute atomic E-state index is 12.4. The molecule has 1 atom stereocenters. The highest BCUT2D eigenvalue weighted by Crippen LogP contribution is 2.19. The van der Waals surface area contributed by atoms with Gasteiger partial charge >= 0.3 is 5.97 Å². The molecule has 156 valence electrons. The summed E-state index contributed by atoms with van der Waals surface area (Å²) in [5.74, 6) is -0.774. The standard InChI is InChI=1S/C24H27N3O3/c1-16-10-12-20(13-11-16)15-25-24(29)19(4)30-23(28)14-22-17(2)26-27(18(22)3)21-8-6-5-7-9-21/h5-13,19H,14-15H2,1-4H3,(H,25,29)/t19-/m0/s1. The van der Waals surface area contributed by atoms with Crippen molar-refractivity contribution in [1.82, 2.24) is 15.1 Å². The van der Waals surface area contributed by atoms with Crippen molar-refractivity contribution < 1.29 is 14.3 Å². The van der Waals surface area contributed by atoms with Gasteiger partial charge in [0.25, 0.3) is 5.91 Å². The molecule has 3 aromatic rings. The summed E-state index contributed by atoms with van der Waals surface area (Å²) in [7, 11) is 0. The average Bonchev–Trinajstić information content (AvgIpc) is 3.02. The molecule has 1 heterocycles. The molecule has 3 rings (SSSR count). The van der Waals surface area contributed by atoms with Gasteiger partial charge in [0.2, 0.25) is 0 Å². The van der Waals surface area contributed by atoms with Crippen LogP contribution in [0.25, 0.3) is 5.69 Å². The van der Waals surface area contributed by atoms with Crippen LogP contribution in [0.3, 0.4) is 0 Å². The highest BCUT2D eigenvalue weighted by molar-refractivity contribution is 5.84. The molecule has 0 radical (unpaired) electrons. The van der Waals surface area contributed by atoms with Gasteiger partial charge in [-0.25, -0.2) is 4.68 Å². The molecule has 0 saturated carbocycles. The van der Waals surface area contributed by atoms with Gasteiger partial charge in [-0.1, -0.05) is 48.0 Å². The second-order valence-corrected chi connectivity index (χ2v) is 7.41. The van der Waals surface area contributed by atoms with Crippen LogP contribution in [0.15, 0.2) is 54.6 Å². The van der Waals surface area contributed by atoms with Crippen LogP contribution in [-0.2, 0) is 27.3 Å². The van der Waals surface area contributed by atoms with Crippen molar-refractivity contribution in [3.05, 3.63) is 82.7 Å². The van der Waals surface area contributed by atoms with E-state index in [1.54, 1.807) is 6.92 Å². The minimum absolute atomic E-state index is 0.0695. The van der Waals surface area contributed by atoms with Crippen LogP contribution in [-0.4, -0.2) is 27.8 Å². The normalized spacial score (nSPS) is 11.7. The van der Waals surface area contributed by atoms with Crippen molar-refractivity contribution in [3.63, 3.8) is 0 Å². The maximum Gasteiger partial charge on any atom is 0.311 e. The Labute approximate surface area is 176 Å². The first-order valence-electron chi connectivity index (χ1n) is 9.98. The van der Waals surface area contributed by atoms with Crippen LogP contribution >= 0.6 is 0 Å².